The summed E-state index contributed by atoms with van der Waals surface area (Å²) in [5.74, 6) is -1.39. The van der Waals surface area contributed by atoms with Gasteiger partial charge in [0.05, 0.1) is 6.54 Å². The SMILES string of the molecule is NC(=O)C1C(O)CN1C(=O)C(O)[CH]Cc1ccccc1. The third-order valence-electron chi connectivity index (χ3n) is 3.33. The number of carbonyl (C=O) groups is 2. The zero-order valence-corrected chi connectivity index (χ0v) is 10.8. The van der Waals surface area contributed by atoms with Gasteiger partial charge in [-0.2, -0.15) is 0 Å². The van der Waals surface area contributed by atoms with Crippen molar-refractivity contribution in [3.63, 3.8) is 0 Å². The van der Waals surface area contributed by atoms with Crippen LogP contribution in [0.25, 0.3) is 0 Å². The summed E-state index contributed by atoms with van der Waals surface area (Å²) in [5.41, 5.74) is 6.06. The number of nitrogens with two attached hydrogens (primary N) is 1. The smallest absolute Gasteiger partial charge is 0.252 e. The van der Waals surface area contributed by atoms with E-state index in [0.29, 0.717) is 6.42 Å². The van der Waals surface area contributed by atoms with Crippen LogP contribution in [0.1, 0.15) is 5.56 Å². The number of aliphatic hydroxyl groups is 2. The maximum Gasteiger partial charge on any atom is 0.252 e. The van der Waals surface area contributed by atoms with E-state index in [1.807, 2.05) is 30.3 Å². The number of aliphatic hydroxyl groups excluding tert-OH is 2. The van der Waals surface area contributed by atoms with Gasteiger partial charge in [-0.3, -0.25) is 9.59 Å². The van der Waals surface area contributed by atoms with Crippen LogP contribution in [-0.4, -0.2) is 51.7 Å². The van der Waals surface area contributed by atoms with Gasteiger partial charge in [-0.25, -0.2) is 0 Å². The summed E-state index contributed by atoms with van der Waals surface area (Å²) in [7, 11) is 0. The largest absolute Gasteiger partial charge is 0.389 e. The van der Waals surface area contributed by atoms with Crippen LogP contribution in [0, 0.1) is 6.42 Å². The standard InChI is InChI=1S/C14H17N2O4/c15-13(19)12-11(18)8-16(12)14(20)10(17)7-6-9-4-2-1-3-5-9/h1-5,7,10-12,17-18H,6,8H2,(H2,15,19). The minimum absolute atomic E-state index is 0.0165. The molecule has 6 nitrogen and oxygen atoms in total. The summed E-state index contributed by atoms with van der Waals surface area (Å²) in [6.45, 7) is 0.0165. The lowest BCUT2D eigenvalue weighted by Crippen LogP contribution is -2.68. The first kappa shape index (κ1) is 14.5. The van der Waals surface area contributed by atoms with Crippen molar-refractivity contribution in [2.24, 2.45) is 5.73 Å². The van der Waals surface area contributed by atoms with Crippen molar-refractivity contribution >= 4 is 11.8 Å². The number of β-amino-alcohol motifs (C(OH)–C–C–N with tert-alkyl or cyclic N) is 1. The van der Waals surface area contributed by atoms with E-state index < -0.39 is 30.1 Å². The van der Waals surface area contributed by atoms with Crippen LogP contribution in [0.2, 0.25) is 0 Å². The Hall–Kier alpha value is -1.92. The maximum absolute atomic E-state index is 11.9. The maximum atomic E-state index is 11.9. The number of primary amides is 1. The Balaban J connectivity index is 1.88. The molecule has 0 aliphatic carbocycles. The van der Waals surface area contributed by atoms with E-state index in [2.05, 4.69) is 0 Å². The van der Waals surface area contributed by atoms with Crippen molar-refractivity contribution in [1.82, 2.24) is 4.90 Å². The molecule has 2 rings (SSSR count). The van der Waals surface area contributed by atoms with Crippen LogP contribution in [0.5, 0.6) is 0 Å². The molecule has 1 saturated heterocycles. The van der Waals surface area contributed by atoms with Gasteiger partial charge in [0.1, 0.15) is 18.2 Å². The molecule has 1 aromatic carbocycles. The molecule has 0 spiro atoms. The molecule has 3 unspecified atom stereocenters. The number of hydrogen-bond acceptors (Lipinski definition) is 4. The quantitative estimate of drug-likeness (QED) is 0.632. The summed E-state index contributed by atoms with van der Waals surface area (Å²) < 4.78 is 0. The Labute approximate surface area is 116 Å². The molecular formula is C14H17N2O4. The van der Waals surface area contributed by atoms with Gasteiger partial charge in [0.2, 0.25) is 5.91 Å². The molecule has 3 atom stereocenters. The highest BCUT2D eigenvalue weighted by Gasteiger charge is 2.46. The fourth-order valence-corrected chi connectivity index (χ4v) is 2.19. The predicted octanol–water partition coefficient (Wildman–Crippen LogP) is -1.15. The monoisotopic (exact) mass is 277 g/mol. The number of amides is 2. The molecule has 1 aromatic rings. The summed E-state index contributed by atoms with van der Waals surface area (Å²) in [4.78, 5) is 24.1. The Morgan fingerprint density at radius 3 is 2.60 bits per heavy atom. The molecule has 1 aliphatic rings. The molecule has 2 amide bonds. The first-order valence-corrected chi connectivity index (χ1v) is 6.34. The Morgan fingerprint density at radius 1 is 1.40 bits per heavy atom. The molecular weight excluding hydrogens is 260 g/mol. The van der Waals surface area contributed by atoms with E-state index in [9.17, 15) is 19.8 Å². The lowest BCUT2D eigenvalue weighted by molar-refractivity contribution is -0.164. The zero-order chi connectivity index (χ0) is 14.7. The van der Waals surface area contributed by atoms with Crippen molar-refractivity contribution in [3.8, 4) is 0 Å². The molecule has 0 saturated carbocycles. The van der Waals surface area contributed by atoms with Gasteiger partial charge in [-0.05, 0) is 12.0 Å². The number of benzene rings is 1. The van der Waals surface area contributed by atoms with Crippen LogP contribution in [0.15, 0.2) is 30.3 Å². The molecule has 6 heteroatoms. The molecule has 1 aliphatic heterocycles. The van der Waals surface area contributed by atoms with E-state index >= 15 is 0 Å². The summed E-state index contributed by atoms with van der Waals surface area (Å²) in [6, 6.07) is 8.34. The Morgan fingerprint density at radius 2 is 2.05 bits per heavy atom. The van der Waals surface area contributed by atoms with Gasteiger partial charge < -0.3 is 20.8 Å². The first-order chi connectivity index (χ1) is 9.50. The highest BCUT2D eigenvalue weighted by atomic mass is 16.3. The minimum Gasteiger partial charge on any atom is -0.389 e. The number of rotatable bonds is 5. The first-order valence-electron chi connectivity index (χ1n) is 6.34. The zero-order valence-electron chi connectivity index (χ0n) is 10.8. The van der Waals surface area contributed by atoms with Crippen molar-refractivity contribution < 1.29 is 19.8 Å². The summed E-state index contributed by atoms with van der Waals surface area (Å²) in [6.07, 6.45) is -0.367. The van der Waals surface area contributed by atoms with E-state index in [1.54, 1.807) is 0 Å². The van der Waals surface area contributed by atoms with Gasteiger partial charge in [-0.15, -0.1) is 0 Å². The predicted molar refractivity (Wildman–Crippen MR) is 71.2 cm³/mol. The van der Waals surface area contributed by atoms with Crippen LogP contribution in [0.4, 0.5) is 0 Å². The molecule has 107 valence electrons. The van der Waals surface area contributed by atoms with Crippen LogP contribution in [-0.2, 0) is 16.0 Å². The van der Waals surface area contributed by atoms with Crippen molar-refractivity contribution in [3.05, 3.63) is 42.3 Å². The van der Waals surface area contributed by atoms with Gasteiger partial charge in [-0.1, -0.05) is 30.3 Å². The molecule has 0 bridgehead atoms. The van der Waals surface area contributed by atoms with Crippen molar-refractivity contribution in [2.75, 3.05) is 6.54 Å². The topological polar surface area (TPSA) is 104 Å². The molecule has 1 radical (unpaired) electrons. The highest BCUT2D eigenvalue weighted by molar-refractivity contribution is 5.91. The van der Waals surface area contributed by atoms with Crippen LogP contribution < -0.4 is 5.73 Å². The van der Waals surface area contributed by atoms with Gasteiger partial charge in [0, 0.05) is 6.42 Å². The average Bonchev–Trinajstić information content (AvgIpc) is 2.41. The minimum atomic E-state index is -1.32. The van der Waals surface area contributed by atoms with Gasteiger partial charge >= 0.3 is 0 Å². The van der Waals surface area contributed by atoms with Crippen LogP contribution in [0.3, 0.4) is 0 Å². The fourth-order valence-electron chi connectivity index (χ4n) is 2.19. The van der Waals surface area contributed by atoms with E-state index in [4.69, 9.17) is 5.73 Å². The molecule has 0 aromatic heterocycles. The number of hydrogen-bond donors (Lipinski definition) is 3. The molecule has 20 heavy (non-hydrogen) atoms. The molecule has 1 heterocycles. The molecule has 1 fully saturated rings. The number of carbonyl (C=O) groups excluding carboxylic acids is 2. The summed E-state index contributed by atoms with van der Waals surface area (Å²) >= 11 is 0. The van der Waals surface area contributed by atoms with Crippen molar-refractivity contribution in [2.45, 2.75) is 24.7 Å². The second kappa shape index (κ2) is 6.02. The van der Waals surface area contributed by atoms with Crippen LogP contribution >= 0.6 is 0 Å². The second-order valence-electron chi connectivity index (χ2n) is 4.78. The second-order valence-corrected chi connectivity index (χ2v) is 4.78. The van der Waals surface area contributed by atoms with E-state index in [1.165, 1.54) is 6.42 Å². The highest BCUT2D eigenvalue weighted by Crippen LogP contribution is 2.20. The van der Waals surface area contributed by atoms with Gasteiger partial charge in [0.15, 0.2) is 0 Å². The van der Waals surface area contributed by atoms with Gasteiger partial charge in [0.25, 0.3) is 5.91 Å². The van der Waals surface area contributed by atoms with Crippen molar-refractivity contribution in [1.29, 1.82) is 0 Å². The fraction of sp³-hybridized carbons (Fsp3) is 0.357. The third kappa shape index (κ3) is 2.97. The lowest BCUT2D eigenvalue weighted by Gasteiger charge is -2.43. The lowest BCUT2D eigenvalue weighted by atomic mass is 9.96. The van der Waals surface area contributed by atoms with E-state index in [-0.39, 0.29) is 6.54 Å². The summed E-state index contributed by atoms with van der Waals surface area (Å²) in [5, 5.41) is 19.2. The third-order valence-corrected chi connectivity index (χ3v) is 3.33. The molecule has 4 N–H and O–H groups in total. The number of nitrogens with zero attached hydrogens (tertiary/aromatic N) is 1. The normalized spacial score (nSPS) is 23.0. The average molecular weight is 277 g/mol. The van der Waals surface area contributed by atoms with E-state index in [0.717, 1.165) is 10.5 Å². The number of likely N-dealkylation sites (tertiary alicyclic amines) is 1. The Bertz CT molecular complexity index is 491. The Kier molecular flexibility index (Phi) is 4.36.